The molecule has 0 unspecified atom stereocenters. The molecule has 0 aliphatic carbocycles. The van der Waals surface area contributed by atoms with Crippen molar-refractivity contribution in [2.24, 2.45) is 5.11 Å². The van der Waals surface area contributed by atoms with Gasteiger partial charge in [-0.25, -0.2) is 13.2 Å². The Hall–Kier alpha value is -3.42. The van der Waals surface area contributed by atoms with E-state index in [0.717, 1.165) is 11.8 Å². The first-order valence-corrected chi connectivity index (χ1v) is 9.75. The van der Waals surface area contributed by atoms with Gasteiger partial charge in [0.1, 0.15) is 5.82 Å². The van der Waals surface area contributed by atoms with E-state index in [0.29, 0.717) is 16.9 Å². The first-order valence-electron chi connectivity index (χ1n) is 7.86. The lowest BCUT2D eigenvalue weighted by Crippen LogP contribution is -2.22. The lowest BCUT2D eigenvalue weighted by molar-refractivity contribution is 0.602. The van der Waals surface area contributed by atoms with Gasteiger partial charge in [0.2, 0.25) is 0 Å². The van der Waals surface area contributed by atoms with Crippen molar-refractivity contribution in [3.8, 4) is 16.9 Å². The minimum atomic E-state index is -3.34. The van der Waals surface area contributed by atoms with Crippen LogP contribution < -0.4 is 5.69 Å². The van der Waals surface area contributed by atoms with Gasteiger partial charge in [0.25, 0.3) is 0 Å². The van der Waals surface area contributed by atoms with Gasteiger partial charge in [0.15, 0.2) is 9.84 Å². The van der Waals surface area contributed by atoms with E-state index in [9.17, 15) is 13.2 Å². The Morgan fingerprint density at radius 3 is 2.26 bits per heavy atom. The zero-order chi connectivity index (χ0) is 19.6. The predicted molar refractivity (Wildman–Crippen MR) is 102 cm³/mol. The molecule has 3 rings (SSSR count). The third-order valence-electron chi connectivity index (χ3n) is 3.93. The smallest absolute Gasteiger partial charge is 0.261 e. The van der Waals surface area contributed by atoms with Crippen molar-refractivity contribution in [3.63, 3.8) is 0 Å². The predicted octanol–water partition coefficient (Wildman–Crippen LogP) is 3.55. The van der Waals surface area contributed by atoms with Crippen LogP contribution in [0, 0.1) is 6.92 Å². The summed E-state index contributed by atoms with van der Waals surface area (Å²) in [5.41, 5.74) is 10.7. The highest BCUT2D eigenvalue weighted by molar-refractivity contribution is 7.90. The number of azide groups is 1. The van der Waals surface area contributed by atoms with Crippen LogP contribution in [0.4, 0.5) is 5.82 Å². The molecule has 1 heterocycles. The normalized spacial score (nSPS) is 11.0. The van der Waals surface area contributed by atoms with Crippen molar-refractivity contribution in [1.29, 1.82) is 0 Å². The quantitative estimate of drug-likeness (QED) is 0.390. The third kappa shape index (κ3) is 3.89. The molecule has 8 nitrogen and oxygen atoms in total. The van der Waals surface area contributed by atoms with Crippen LogP contribution in [0.25, 0.3) is 27.4 Å². The zero-order valence-corrected chi connectivity index (χ0v) is 15.4. The molecule has 0 spiro atoms. The standard InChI is InChI=1S/C18H15N5O3S/c1-12-3-7-14(8-4-12)23-16(11-17(21-22-19)20-18(23)24)13-5-9-15(10-6-13)27(2,25)26/h3-11H,1-2H3. The molecule has 3 aromatic rings. The maximum Gasteiger partial charge on any atom is 0.353 e. The second kappa shape index (κ2) is 7.06. The van der Waals surface area contributed by atoms with Gasteiger partial charge >= 0.3 is 5.69 Å². The molecule has 0 aliphatic rings. The van der Waals surface area contributed by atoms with E-state index in [1.807, 2.05) is 19.1 Å². The molecule has 0 amide bonds. The van der Waals surface area contributed by atoms with Crippen LogP contribution in [0.2, 0.25) is 0 Å². The third-order valence-corrected chi connectivity index (χ3v) is 5.05. The summed E-state index contributed by atoms with van der Waals surface area (Å²) in [5.74, 6) is -0.0620. The van der Waals surface area contributed by atoms with Crippen molar-refractivity contribution in [2.75, 3.05) is 6.26 Å². The van der Waals surface area contributed by atoms with Gasteiger partial charge in [-0.05, 0) is 53.5 Å². The molecule has 2 aromatic carbocycles. The summed E-state index contributed by atoms with van der Waals surface area (Å²) in [6.45, 7) is 1.93. The highest BCUT2D eigenvalue weighted by Gasteiger charge is 2.13. The monoisotopic (exact) mass is 381 g/mol. The highest BCUT2D eigenvalue weighted by Crippen LogP contribution is 2.25. The maximum absolute atomic E-state index is 12.6. The summed E-state index contributed by atoms with van der Waals surface area (Å²) in [6, 6.07) is 14.9. The van der Waals surface area contributed by atoms with Crippen LogP contribution >= 0.6 is 0 Å². The molecule has 9 heteroatoms. The largest absolute Gasteiger partial charge is 0.353 e. The number of hydrogen-bond donors (Lipinski definition) is 0. The van der Waals surface area contributed by atoms with E-state index in [4.69, 9.17) is 5.53 Å². The molecular formula is C18H15N5O3S. The molecule has 0 fully saturated rings. The van der Waals surface area contributed by atoms with Crippen molar-refractivity contribution in [2.45, 2.75) is 11.8 Å². The van der Waals surface area contributed by atoms with E-state index in [1.54, 1.807) is 24.3 Å². The van der Waals surface area contributed by atoms with Gasteiger partial charge in [-0.15, -0.1) is 0 Å². The summed E-state index contributed by atoms with van der Waals surface area (Å²) in [5, 5.41) is 3.42. The van der Waals surface area contributed by atoms with Crippen LogP contribution in [0.5, 0.6) is 0 Å². The van der Waals surface area contributed by atoms with E-state index in [1.165, 1.54) is 22.8 Å². The molecule has 27 heavy (non-hydrogen) atoms. The number of hydrogen-bond acceptors (Lipinski definition) is 5. The Labute approximate surface area is 155 Å². The number of rotatable bonds is 4. The first kappa shape index (κ1) is 18.4. The molecule has 1 aromatic heterocycles. The fraction of sp³-hybridized carbons (Fsp3) is 0.111. The Morgan fingerprint density at radius 2 is 1.70 bits per heavy atom. The number of benzene rings is 2. The molecule has 0 radical (unpaired) electrons. The van der Waals surface area contributed by atoms with Gasteiger partial charge in [0.05, 0.1) is 16.3 Å². The summed E-state index contributed by atoms with van der Waals surface area (Å²) in [6.07, 6.45) is 1.12. The fourth-order valence-corrected chi connectivity index (χ4v) is 3.23. The zero-order valence-electron chi connectivity index (χ0n) is 14.6. The summed E-state index contributed by atoms with van der Waals surface area (Å²) < 4.78 is 24.7. The van der Waals surface area contributed by atoms with Crippen molar-refractivity contribution in [1.82, 2.24) is 9.55 Å². The molecule has 0 atom stereocenters. The first-order chi connectivity index (χ1) is 12.8. The number of nitrogens with zero attached hydrogens (tertiary/aromatic N) is 5. The number of sulfone groups is 1. The van der Waals surface area contributed by atoms with E-state index >= 15 is 0 Å². The van der Waals surface area contributed by atoms with Gasteiger partial charge < -0.3 is 0 Å². The highest BCUT2D eigenvalue weighted by atomic mass is 32.2. The van der Waals surface area contributed by atoms with Crippen molar-refractivity contribution in [3.05, 3.63) is 81.1 Å². The van der Waals surface area contributed by atoms with Crippen molar-refractivity contribution < 1.29 is 8.42 Å². The maximum atomic E-state index is 12.6. The van der Waals surface area contributed by atoms with Crippen LogP contribution in [-0.4, -0.2) is 24.2 Å². The molecule has 0 aliphatic heterocycles. The molecule has 136 valence electrons. The molecule has 0 saturated heterocycles. The second-order valence-electron chi connectivity index (χ2n) is 5.94. The van der Waals surface area contributed by atoms with Crippen LogP contribution in [0.3, 0.4) is 0 Å². The van der Waals surface area contributed by atoms with Gasteiger partial charge in [0, 0.05) is 11.2 Å². The molecule has 0 bridgehead atoms. The lowest BCUT2D eigenvalue weighted by atomic mass is 10.1. The van der Waals surface area contributed by atoms with Crippen LogP contribution in [0.1, 0.15) is 5.56 Å². The van der Waals surface area contributed by atoms with Crippen LogP contribution in [0.15, 0.2) is 69.4 Å². The Morgan fingerprint density at radius 1 is 1.07 bits per heavy atom. The van der Waals surface area contributed by atoms with E-state index < -0.39 is 15.5 Å². The molecule has 0 saturated carbocycles. The summed E-state index contributed by atoms with van der Waals surface area (Å²) in [7, 11) is -3.34. The van der Waals surface area contributed by atoms with Gasteiger partial charge in [-0.3, -0.25) is 4.57 Å². The lowest BCUT2D eigenvalue weighted by Gasteiger charge is -2.14. The molecule has 0 N–H and O–H groups in total. The topological polar surface area (TPSA) is 118 Å². The minimum Gasteiger partial charge on any atom is -0.261 e. The van der Waals surface area contributed by atoms with Crippen molar-refractivity contribution >= 4 is 15.7 Å². The average molecular weight is 381 g/mol. The Kier molecular flexibility index (Phi) is 4.81. The number of aromatic nitrogens is 2. The minimum absolute atomic E-state index is 0.0620. The van der Waals surface area contributed by atoms with Crippen LogP contribution in [-0.2, 0) is 9.84 Å². The van der Waals surface area contributed by atoms with Gasteiger partial charge in [-0.1, -0.05) is 29.8 Å². The Bertz CT molecular complexity index is 1210. The molecular weight excluding hydrogens is 366 g/mol. The number of aryl methyl sites for hydroxylation is 1. The Balaban J connectivity index is 2.27. The second-order valence-corrected chi connectivity index (χ2v) is 7.95. The summed E-state index contributed by atoms with van der Waals surface area (Å²) in [4.78, 5) is 19.2. The van der Waals surface area contributed by atoms with E-state index in [-0.39, 0.29) is 10.7 Å². The summed E-state index contributed by atoms with van der Waals surface area (Å²) >= 11 is 0. The fourth-order valence-electron chi connectivity index (χ4n) is 2.60. The SMILES string of the molecule is Cc1ccc(-n2c(-c3ccc(S(C)(=O)=O)cc3)cc(N=[N+]=[N-])nc2=O)cc1. The van der Waals surface area contributed by atoms with Gasteiger partial charge in [-0.2, -0.15) is 4.98 Å². The van der Waals surface area contributed by atoms with E-state index in [2.05, 4.69) is 15.0 Å². The average Bonchev–Trinajstić information content (AvgIpc) is 2.62.